The predicted octanol–water partition coefficient (Wildman–Crippen LogP) is 4.63. The molecule has 10 nitrogen and oxygen atoms in total. The fraction of sp³-hybridized carbons (Fsp3) is 0.333. The highest BCUT2D eigenvalue weighted by Crippen LogP contribution is 2.34. The van der Waals surface area contributed by atoms with Gasteiger partial charge in [0.05, 0.1) is 6.26 Å². The molecule has 2 aromatic heterocycles. The topological polar surface area (TPSA) is 129 Å². The maximum atomic E-state index is 13.6. The van der Waals surface area contributed by atoms with Crippen molar-refractivity contribution in [1.82, 2.24) is 15.0 Å². The first-order valence-electron chi connectivity index (χ1n) is 11.5. The summed E-state index contributed by atoms with van der Waals surface area (Å²) in [5.41, 5.74) is 0.315. The Morgan fingerprint density at radius 1 is 1.08 bits per heavy atom. The monoisotopic (exact) mass is 551 g/mol. The van der Waals surface area contributed by atoms with E-state index >= 15 is 0 Å². The lowest BCUT2D eigenvalue weighted by Gasteiger charge is -2.20. The van der Waals surface area contributed by atoms with E-state index < -0.39 is 27.6 Å². The largest absolute Gasteiger partial charge is 0.421 e. The Bertz CT molecular complexity index is 1380. The van der Waals surface area contributed by atoms with Crippen molar-refractivity contribution in [3.8, 4) is 0 Å². The van der Waals surface area contributed by atoms with Crippen LogP contribution in [0, 0.1) is 5.92 Å². The number of hydrogen-bond acceptors (Lipinski definition) is 8. The van der Waals surface area contributed by atoms with Crippen LogP contribution in [0.5, 0.6) is 0 Å². The Hall–Kier alpha value is -3.94. The summed E-state index contributed by atoms with van der Waals surface area (Å²) in [5.74, 6) is -0.437. The highest BCUT2D eigenvalue weighted by atomic mass is 32.2. The molecule has 0 aliphatic carbocycles. The van der Waals surface area contributed by atoms with Crippen LogP contribution in [-0.4, -0.2) is 42.6 Å². The van der Waals surface area contributed by atoms with Crippen molar-refractivity contribution in [3.63, 3.8) is 0 Å². The molecule has 1 amide bonds. The summed E-state index contributed by atoms with van der Waals surface area (Å²) in [4.78, 5) is 23.8. The van der Waals surface area contributed by atoms with Crippen molar-refractivity contribution >= 4 is 44.9 Å². The number of nitrogens with zero attached hydrogens (tertiary/aromatic N) is 4. The number of sulfonamides is 1. The minimum Gasteiger partial charge on any atom is -0.365 e. The molecule has 14 heteroatoms. The molecule has 3 N–H and O–H groups in total. The average Bonchev–Trinajstić information content (AvgIpc) is 2.82. The van der Waals surface area contributed by atoms with Crippen LogP contribution in [0.3, 0.4) is 0 Å². The van der Waals surface area contributed by atoms with Gasteiger partial charge in [-0.05, 0) is 36.2 Å². The van der Waals surface area contributed by atoms with E-state index in [9.17, 15) is 26.4 Å². The number of rotatable bonds is 10. The van der Waals surface area contributed by atoms with Gasteiger partial charge < -0.3 is 16.0 Å². The Morgan fingerprint density at radius 2 is 1.74 bits per heavy atom. The molecule has 204 valence electrons. The number of carbonyl (C=O) groups excluding carboxylic acids is 1. The Labute approximate surface area is 218 Å². The predicted molar refractivity (Wildman–Crippen MR) is 140 cm³/mol. The van der Waals surface area contributed by atoms with Gasteiger partial charge in [0.2, 0.25) is 21.9 Å². The van der Waals surface area contributed by atoms with Crippen LogP contribution in [0.2, 0.25) is 0 Å². The molecule has 0 saturated carbocycles. The normalized spacial score (nSPS) is 11.8. The SMILES string of the molecule is CC(C)CC(=O)Nc1ccc(Nc2ncc(C(F)(F)F)c(NCc3cccnc3N(C)S(C)(=O)=O)n2)cc1. The first-order chi connectivity index (χ1) is 17.7. The van der Waals surface area contributed by atoms with E-state index in [-0.39, 0.29) is 30.1 Å². The number of alkyl halides is 3. The highest BCUT2D eigenvalue weighted by Gasteiger charge is 2.35. The van der Waals surface area contributed by atoms with Crippen LogP contribution in [0.25, 0.3) is 0 Å². The van der Waals surface area contributed by atoms with Crippen LogP contribution in [0.15, 0.2) is 48.8 Å². The second-order valence-corrected chi connectivity index (χ2v) is 10.9. The first-order valence-corrected chi connectivity index (χ1v) is 13.3. The zero-order valence-electron chi connectivity index (χ0n) is 21.2. The van der Waals surface area contributed by atoms with Crippen LogP contribution in [-0.2, 0) is 27.5 Å². The average molecular weight is 552 g/mol. The minimum absolute atomic E-state index is 0.0732. The molecular weight excluding hydrogens is 523 g/mol. The maximum Gasteiger partial charge on any atom is 0.421 e. The lowest BCUT2D eigenvalue weighted by molar-refractivity contribution is -0.137. The van der Waals surface area contributed by atoms with Crippen molar-refractivity contribution in [1.29, 1.82) is 0 Å². The second kappa shape index (κ2) is 11.6. The van der Waals surface area contributed by atoms with Gasteiger partial charge >= 0.3 is 6.18 Å². The molecular formula is C24H28F3N7O3S. The van der Waals surface area contributed by atoms with Gasteiger partial charge in [0.15, 0.2) is 0 Å². The van der Waals surface area contributed by atoms with Crippen LogP contribution in [0.4, 0.5) is 42.1 Å². The molecule has 0 aliphatic rings. The third-order valence-electron chi connectivity index (χ3n) is 5.22. The number of nitrogens with one attached hydrogen (secondary N) is 3. The molecule has 0 bridgehead atoms. The van der Waals surface area contributed by atoms with Crippen molar-refractivity contribution in [2.45, 2.75) is 33.0 Å². The Morgan fingerprint density at radius 3 is 2.34 bits per heavy atom. The number of carbonyl (C=O) groups is 1. The van der Waals surface area contributed by atoms with E-state index in [0.717, 1.165) is 10.6 Å². The molecule has 0 aliphatic heterocycles. The molecule has 0 fully saturated rings. The van der Waals surface area contributed by atoms with Crippen LogP contribution < -0.4 is 20.3 Å². The van der Waals surface area contributed by atoms with E-state index in [1.54, 1.807) is 36.4 Å². The summed E-state index contributed by atoms with van der Waals surface area (Å²) < 4.78 is 65.8. The molecule has 38 heavy (non-hydrogen) atoms. The zero-order chi connectivity index (χ0) is 28.1. The van der Waals surface area contributed by atoms with E-state index in [0.29, 0.717) is 29.6 Å². The van der Waals surface area contributed by atoms with Crippen molar-refractivity contribution < 1.29 is 26.4 Å². The lowest BCUT2D eigenvalue weighted by atomic mass is 10.1. The fourth-order valence-corrected chi connectivity index (χ4v) is 3.80. The summed E-state index contributed by atoms with van der Waals surface area (Å²) in [6, 6.07) is 9.64. The van der Waals surface area contributed by atoms with Gasteiger partial charge in [0.25, 0.3) is 0 Å². The van der Waals surface area contributed by atoms with Crippen LogP contribution >= 0.6 is 0 Å². The molecule has 3 rings (SSSR count). The van der Waals surface area contributed by atoms with Gasteiger partial charge in [0, 0.05) is 49.3 Å². The van der Waals surface area contributed by atoms with Crippen molar-refractivity contribution in [3.05, 3.63) is 59.9 Å². The van der Waals surface area contributed by atoms with Crippen molar-refractivity contribution in [2.24, 2.45) is 5.92 Å². The summed E-state index contributed by atoms with van der Waals surface area (Å²) in [5, 5.41) is 8.25. The summed E-state index contributed by atoms with van der Waals surface area (Å²) >= 11 is 0. The smallest absolute Gasteiger partial charge is 0.365 e. The zero-order valence-corrected chi connectivity index (χ0v) is 22.0. The van der Waals surface area contributed by atoms with Gasteiger partial charge in [-0.15, -0.1) is 0 Å². The molecule has 2 heterocycles. The molecule has 0 spiro atoms. The lowest BCUT2D eigenvalue weighted by Crippen LogP contribution is -2.27. The van der Waals surface area contributed by atoms with E-state index in [1.165, 1.54) is 13.2 Å². The number of anilines is 5. The summed E-state index contributed by atoms with van der Waals surface area (Å²) in [6.07, 6.45) is -1.33. The van der Waals surface area contributed by atoms with E-state index in [4.69, 9.17) is 0 Å². The Balaban J connectivity index is 1.81. The number of benzene rings is 1. The number of amides is 1. The molecule has 0 radical (unpaired) electrons. The van der Waals surface area contributed by atoms with Crippen molar-refractivity contribution in [2.75, 3.05) is 33.6 Å². The standard InChI is InChI=1S/C24H28F3N7O3S/c1-15(2)12-20(35)31-17-7-9-18(10-8-17)32-23-30-14-19(24(25,26)27)21(33-23)29-13-16-6-5-11-28-22(16)34(3)38(4,36)37/h5-11,14-15H,12-13H2,1-4H3,(H,31,35)(H2,29,30,32,33). The quantitative estimate of drug-likeness (QED) is 0.333. The molecule has 0 unspecified atom stereocenters. The third kappa shape index (κ3) is 7.78. The highest BCUT2D eigenvalue weighted by molar-refractivity contribution is 7.92. The molecule has 1 aromatic carbocycles. The molecule has 0 saturated heterocycles. The summed E-state index contributed by atoms with van der Waals surface area (Å²) in [6.45, 7) is 3.68. The van der Waals surface area contributed by atoms with Gasteiger partial charge in [-0.25, -0.2) is 18.4 Å². The van der Waals surface area contributed by atoms with Gasteiger partial charge in [0.1, 0.15) is 17.2 Å². The van der Waals surface area contributed by atoms with E-state index in [2.05, 4.69) is 30.9 Å². The molecule has 3 aromatic rings. The van der Waals surface area contributed by atoms with Gasteiger partial charge in [-0.3, -0.25) is 9.10 Å². The van der Waals surface area contributed by atoms with Gasteiger partial charge in [-0.2, -0.15) is 18.2 Å². The van der Waals surface area contributed by atoms with Crippen LogP contribution in [0.1, 0.15) is 31.4 Å². The fourth-order valence-electron chi connectivity index (χ4n) is 3.32. The number of pyridine rings is 1. The maximum absolute atomic E-state index is 13.6. The number of hydrogen-bond donors (Lipinski definition) is 3. The number of halogens is 3. The second-order valence-electron chi connectivity index (χ2n) is 8.87. The molecule has 0 atom stereocenters. The summed E-state index contributed by atoms with van der Waals surface area (Å²) in [7, 11) is -2.34. The van der Waals surface area contributed by atoms with E-state index in [1.807, 2.05) is 13.8 Å². The third-order valence-corrected chi connectivity index (χ3v) is 6.39. The Kier molecular flexibility index (Phi) is 8.76. The van der Waals surface area contributed by atoms with Gasteiger partial charge in [-0.1, -0.05) is 19.9 Å². The number of aromatic nitrogens is 3. The minimum atomic E-state index is -4.74. The first kappa shape index (κ1) is 28.6.